The Bertz CT molecular complexity index is 1070. The van der Waals surface area contributed by atoms with Gasteiger partial charge in [-0.05, 0) is 11.1 Å². The normalized spacial score (nSPS) is 14.7. The minimum Gasteiger partial charge on any atom is -0.379 e. The molecule has 0 saturated carbocycles. The van der Waals surface area contributed by atoms with E-state index in [-0.39, 0.29) is 17.7 Å². The molecule has 4 rings (SSSR count). The minimum atomic E-state index is -0.160. The summed E-state index contributed by atoms with van der Waals surface area (Å²) in [7, 11) is 0. The van der Waals surface area contributed by atoms with Crippen LogP contribution in [0.25, 0.3) is 11.1 Å². The van der Waals surface area contributed by atoms with E-state index in [2.05, 4.69) is 30.7 Å². The van der Waals surface area contributed by atoms with E-state index in [1.807, 2.05) is 57.4 Å². The van der Waals surface area contributed by atoms with Crippen molar-refractivity contribution in [3.8, 4) is 11.1 Å². The van der Waals surface area contributed by atoms with Crippen LogP contribution in [0.5, 0.6) is 0 Å². The molecule has 0 radical (unpaired) electrons. The first-order chi connectivity index (χ1) is 16.4. The first kappa shape index (κ1) is 23.8. The molecule has 1 aliphatic rings. The molecule has 1 amide bonds. The molecule has 1 aromatic carbocycles. The smallest absolute Gasteiger partial charge is 0.230 e. The number of rotatable bonds is 8. The van der Waals surface area contributed by atoms with Gasteiger partial charge in [0.15, 0.2) is 5.82 Å². The molecule has 9 nitrogen and oxygen atoms in total. The standard InChI is InChI=1S/C25H32N6O3/c1-25(2,3)21-15-22(30-34-21)29-23(32)14-18-4-6-19(7-5-18)20-16-27-24(28-17-20)26-8-9-31-10-12-33-13-11-31/h4-7,15-17H,8-14H2,1-3H3,(H,26,27,28)(H,29,30,32). The highest BCUT2D eigenvalue weighted by molar-refractivity contribution is 5.91. The Balaban J connectivity index is 1.26. The molecule has 180 valence electrons. The van der Waals surface area contributed by atoms with E-state index in [4.69, 9.17) is 9.26 Å². The number of morpholine rings is 1. The van der Waals surface area contributed by atoms with Crippen LogP contribution in [-0.2, 0) is 21.4 Å². The van der Waals surface area contributed by atoms with E-state index in [1.54, 1.807) is 6.07 Å². The molecule has 0 bridgehead atoms. The van der Waals surface area contributed by atoms with Gasteiger partial charge in [0.05, 0.1) is 19.6 Å². The topological polar surface area (TPSA) is 105 Å². The lowest BCUT2D eigenvalue weighted by Gasteiger charge is -2.26. The van der Waals surface area contributed by atoms with Gasteiger partial charge in [-0.15, -0.1) is 0 Å². The number of hydrogen-bond donors (Lipinski definition) is 2. The first-order valence-corrected chi connectivity index (χ1v) is 11.6. The van der Waals surface area contributed by atoms with Gasteiger partial charge in [0.2, 0.25) is 11.9 Å². The van der Waals surface area contributed by atoms with Crippen LogP contribution in [0, 0.1) is 0 Å². The first-order valence-electron chi connectivity index (χ1n) is 11.6. The summed E-state index contributed by atoms with van der Waals surface area (Å²) < 4.78 is 10.7. The number of aromatic nitrogens is 3. The van der Waals surface area contributed by atoms with Crippen LogP contribution in [0.15, 0.2) is 47.2 Å². The predicted octanol–water partition coefficient (Wildman–Crippen LogP) is 3.35. The Morgan fingerprint density at radius 3 is 2.41 bits per heavy atom. The van der Waals surface area contributed by atoms with E-state index < -0.39 is 0 Å². The number of carbonyl (C=O) groups is 1. The summed E-state index contributed by atoms with van der Waals surface area (Å²) in [5, 5.41) is 10.00. The van der Waals surface area contributed by atoms with Gasteiger partial charge in [0.25, 0.3) is 0 Å². The summed E-state index contributed by atoms with van der Waals surface area (Å²) in [6.07, 6.45) is 3.87. The van der Waals surface area contributed by atoms with Crippen molar-refractivity contribution in [2.75, 3.05) is 50.0 Å². The average Bonchev–Trinajstić information content (AvgIpc) is 3.30. The molecular weight excluding hydrogens is 432 g/mol. The summed E-state index contributed by atoms with van der Waals surface area (Å²) in [4.78, 5) is 23.6. The van der Waals surface area contributed by atoms with Crippen LogP contribution in [0.4, 0.5) is 11.8 Å². The van der Waals surface area contributed by atoms with Crippen LogP contribution in [0.2, 0.25) is 0 Å². The summed E-state index contributed by atoms with van der Waals surface area (Å²) in [5.74, 6) is 1.64. The second-order valence-electron chi connectivity index (χ2n) is 9.42. The zero-order valence-corrected chi connectivity index (χ0v) is 20.0. The average molecular weight is 465 g/mol. The van der Waals surface area contributed by atoms with Crippen molar-refractivity contribution in [1.29, 1.82) is 0 Å². The van der Waals surface area contributed by atoms with Crippen LogP contribution in [-0.4, -0.2) is 65.3 Å². The molecule has 0 aliphatic carbocycles. The van der Waals surface area contributed by atoms with Crippen LogP contribution >= 0.6 is 0 Å². The fourth-order valence-electron chi connectivity index (χ4n) is 3.59. The number of hydrogen-bond acceptors (Lipinski definition) is 8. The molecule has 3 aromatic rings. The molecule has 34 heavy (non-hydrogen) atoms. The van der Waals surface area contributed by atoms with Gasteiger partial charge in [-0.2, -0.15) is 0 Å². The molecule has 1 fully saturated rings. The Morgan fingerprint density at radius 1 is 1.06 bits per heavy atom. The van der Waals surface area contributed by atoms with E-state index in [0.717, 1.165) is 61.8 Å². The summed E-state index contributed by atoms with van der Waals surface area (Å²) >= 11 is 0. The van der Waals surface area contributed by atoms with Crippen molar-refractivity contribution >= 4 is 17.7 Å². The van der Waals surface area contributed by atoms with Gasteiger partial charge in [0.1, 0.15) is 5.76 Å². The zero-order valence-electron chi connectivity index (χ0n) is 20.0. The molecule has 0 spiro atoms. The van der Waals surface area contributed by atoms with Crippen molar-refractivity contribution in [1.82, 2.24) is 20.0 Å². The second-order valence-corrected chi connectivity index (χ2v) is 9.42. The largest absolute Gasteiger partial charge is 0.379 e. The van der Waals surface area contributed by atoms with Gasteiger partial charge in [-0.25, -0.2) is 9.97 Å². The van der Waals surface area contributed by atoms with E-state index in [0.29, 0.717) is 11.8 Å². The van der Waals surface area contributed by atoms with Crippen molar-refractivity contribution in [2.24, 2.45) is 0 Å². The molecule has 2 aromatic heterocycles. The highest BCUT2D eigenvalue weighted by Gasteiger charge is 2.20. The lowest BCUT2D eigenvalue weighted by atomic mass is 9.93. The van der Waals surface area contributed by atoms with Gasteiger partial charge >= 0.3 is 0 Å². The molecule has 1 saturated heterocycles. The maximum atomic E-state index is 12.4. The third-order valence-electron chi connectivity index (χ3n) is 5.64. The van der Waals surface area contributed by atoms with Gasteiger partial charge < -0.3 is 19.9 Å². The van der Waals surface area contributed by atoms with E-state index >= 15 is 0 Å². The van der Waals surface area contributed by atoms with Crippen molar-refractivity contribution in [3.05, 3.63) is 54.0 Å². The number of anilines is 2. The third kappa shape index (κ3) is 6.61. The molecule has 9 heteroatoms. The number of amides is 1. The summed E-state index contributed by atoms with van der Waals surface area (Å²) in [6, 6.07) is 9.59. The predicted molar refractivity (Wildman–Crippen MR) is 131 cm³/mol. The van der Waals surface area contributed by atoms with Gasteiger partial charge in [-0.1, -0.05) is 50.2 Å². The monoisotopic (exact) mass is 464 g/mol. The Kier molecular flexibility index (Phi) is 7.54. The van der Waals surface area contributed by atoms with Crippen molar-refractivity contribution < 1.29 is 14.1 Å². The van der Waals surface area contributed by atoms with Gasteiger partial charge in [0, 0.05) is 55.6 Å². The molecule has 3 heterocycles. The molecule has 0 atom stereocenters. The molecular formula is C25H32N6O3. The van der Waals surface area contributed by atoms with Crippen LogP contribution in [0.1, 0.15) is 32.1 Å². The lowest BCUT2D eigenvalue weighted by molar-refractivity contribution is -0.115. The quantitative estimate of drug-likeness (QED) is 0.523. The van der Waals surface area contributed by atoms with Crippen molar-refractivity contribution in [2.45, 2.75) is 32.6 Å². The number of carbonyl (C=O) groups excluding carboxylic acids is 1. The molecule has 2 N–H and O–H groups in total. The molecule has 0 unspecified atom stereocenters. The fraction of sp³-hybridized carbons (Fsp3) is 0.440. The van der Waals surface area contributed by atoms with Crippen LogP contribution < -0.4 is 10.6 Å². The number of benzene rings is 1. The second kappa shape index (κ2) is 10.8. The number of nitrogens with one attached hydrogen (secondary N) is 2. The van der Waals surface area contributed by atoms with Crippen LogP contribution in [0.3, 0.4) is 0 Å². The third-order valence-corrected chi connectivity index (χ3v) is 5.64. The minimum absolute atomic E-state index is 0.141. The highest BCUT2D eigenvalue weighted by atomic mass is 16.5. The SMILES string of the molecule is CC(C)(C)c1cc(NC(=O)Cc2ccc(-c3cnc(NCCN4CCOCC4)nc3)cc2)no1. The Hall–Kier alpha value is -3.30. The highest BCUT2D eigenvalue weighted by Crippen LogP contribution is 2.24. The summed E-state index contributed by atoms with van der Waals surface area (Å²) in [6.45, 7) is 11.4. The summed E-state index contributed by atoms with van der Waals surface area (Å²) in [5.41, 5.74) is 2.66. The van der Waals surface area contributed by atoms with Gasteiger partial charge in [-0.3, -0.25) is 9.69 Å². The number of ether oxygens (including phenoxy) is 1. The number of nitrogens with zero attached hydrogens (tertiary/aromatic N) is 4. The van der Waals surface area contributed by atoms with E-state index in [9.17, 15) is 4.79 Å². The van der Waals surface area contributed by atoms with Crippen molar-refractivity contribution in [3.63, 3.8) is 0 Å². The molecule has 1 aliphatic heterocycles. The zero-order chi connectivity index (χ0) is 24.0. The maximum absolute atomic E-state index is 12.4. The fourth-order valence-corrected chi connectivity index (χ4v) is 3.59. The Labute approximate surface area is 199 Å². The maximum Gasteiger partial charge on any atom is 0.230 e. The lowest BCUT2D eigenvalue weighted by Crippen LogP contribution is -2.39. The van der Waals surface area contributed by atoms with E-state index in [1.165, 1.54) is 0 Å². The Morgan fingerprint density at radius 2 is 1.76 bits per heavy atom.